The zero-order valence-electron chi connectivity index (χ0n) is 10.4. The van der Waals surface area contributed by atoms with Crippen LogP contribution in [0, 0.1) is 5.82 Å². The maximum atomic E-state index is 13.8. The molecule has 0 saturated carbocycles. The number of halogens is 2. The van der Waals surface area contributed by atoms with Gasteiger partial charge in [-0.05, 0) is 52.7 Å². The molecule has 0 bridgehead atoms. The molecule has 0 saturated heterocycles. The number of aromatic nitrogens is 1. The molecule has 0 spiro atoms. The van der Waals surface area contributed by atoms with E-state index in [2.05, 4.69) is 20.9 Å². The third-order valence-electron chi connectivity index (χ3n) is 2.65. The van der Waals surface area contributed by atoms with Gasteiger partial charge in [0.1, 0.15) is 6.61 Å². The number of nitrogens with zero attached hydrogens (tertiary/aromatic N) is 1. The van der Waals surface area contributed by atoms with Gasteiger partial charge >= 0.3 is 0 Å². The van der Waals surface area contributed by atoms with Crippen molar-refractivity contribution in [2.24, 2.45) is 5.73 Å². The lowest BCUT2D eigenvalue weighted by Crippen LogP contribution is -2.06. The Morgan fingerprint density at radius 3 is 2.74 bits per heavy atom. The third-order valence-corrected chi connectivity index (χ3v) is 3.12. The van der Waals surface area contributed by atoms with Crippen LogP contribution >= 0.6 is 15.9 Å². The van der Waals surface area contributed by atoms with E-state index in [1.807, 2.05) is 12.1 Å². The van der Waals surface area contributed by atoms with Crippen LogP contribution in [0.2, 0.25) is 0 Å². The van der Waals surface area contributed by atoms with Gasteiger partial charge < -0.3 is 10.5 Å². The quantitative estimate of drug-likeness (QED) is 0.935. The van der Waals surface area contributed by atoms with Crippen molar-refractivity contribution in [2.45, 2.75) is 19.6 Å². The van der Waals surface area contributed by atoms with Gasteiger partial charge in [-0.2, -0.15) is 0 Å². The number of pyridine rings is 1. The SMILES string of the molecule is C[C@H](N)c1ccc(OCc2ccc(Br)cn2)c(F)c1. The van der Waals surface area contributed by atoms with Crippen LogP contribution in [-0.4, -0.2) is 4.98 Å². The van der Waals surface area contributed by atoms with Crippen LogP contribution in [0.4, 0.5) is 4.39 Å². The lowest BCUT2D eigenvalue weighted by atomic mass is 10.1. The molecule has 1 aromatic heterocycles. The monoisotopic (exact) mass is 324 g/mol. The molecule has 2 N–H and O–H groups in total. The minimum absolute atomic E-state index is 0.198. The highest BCUT2D eigenvalue weighted by atomic mass is 79.9. The van der Waals surface area contributed by atoms with Gasteiger partial charge in [-0.25, -0.2) is 4.39 Å². The Morgan fingerprint density at radius 1 is 1.37 bits per heavy atom. The van der Waals surface area contributed by atoms with Crippen molar-refractivity contribution in [3.63, 3.8) is 0 Å². The van der Waals surface area contributed by atoms with E-state index in [0.717, 1.165) is 15.7 Å². The summed E-state index contributed by atoms with van der Waals surface area (Å²) in [4.78, 5) is 4.15. The van der Waals surface area contributed by atoms with Crippen LogP contribution in [0.15, 0.2) is 41.0 Å². The van der Waals surface area contributed by atoms with E-state index < -0.39 is 5.82 Å². The Bertz CT molecular complexity index is 558. The minimum atomic E-state index is -0.410. The number of rotatable bonds is 4. The molecule has 0 radical (unpaired) electrons. The van der Waals surface area contributed by atoms with E-state index in [4.69, 9.17) is 10.5 Å². The van der Waals surface area contributed by atoms with E-state index in [0.29, 0.717) is 0 Å². The fourth-order valence-corrected chi connectivity index (χ4v) is 1.80. The van der Waals surface area contributed by atoms with Crippen molar-refractivity contribution in [1.29, 1.82) is 0 Å². The predicted molar refractivity (Wildman–Crippen MR) is 75.3 cm³/mol. The number of nitrogens with two attached hydrogens (primary N) is 1. The van der Waals surface area contributed by atoms with E-state index in [1.54, 1.807) is 25.3 Å². The van der Waals surface area contributed by atoms with Crippen molar-refractivity contribution in [1.82, 2.24) is 4.98 Å². The lowest BCUT2D eigenvalue weighted by Gasteiger charge is -2.10. The van der Waals surface area contributed by atoms with Crippen LogP contribution in [0.5, 0.6) is 5.75 Å². The van der Waals surface area contributed by atoms with Crippen LogP contribution < -0.4 is 10.5 Å². The van der Waals surface area contributed by atoms with Crippen LogP contribution in [0.1, 0.15) is 24.2 Å². The second-order valence-electron chi connectivity index (χ2n) is 4.23. The summed E-state index contributed by atoms with van der Waals surface area (Å²) in [5.74, 6) is -0.207. The van der Waals surface area contributed by atoms with Gasteiger partial charge in [0.15, 0.2) is 11.6 Å². The lowest BCUT2D eigenvalue weighted by molar-refractivity contribution is 0.285. The summed E-state index contributed by atoms with van der Waals surface area (Å²) in [7, 11) is 0. The van der Waals surface area contributed by atoms with E-state index in [1.165, 1.54) is 6.07 Å². The van der Waals surface area contributed by atoms with Crippen molar-refractivity contribution in [2.75, 3.05) is 0 Å². The fraction of sp³-hybridized carbons (Fsp3) is 0.214. The van der Waals surface area contributed by atoms with Gasteiger partial charge in [-0.1, -0.05) is 6.07 Å². The number of ether oxygens (including phenoxy) is 1. The molecule has 100 valence electrons. The molecule has 0 aliphatic carbocycles. The van der Waals surface area contributed by atoms with Crippen molar-refractivity contribution < 1.29 is 9.13 Å². The Morgan fingerprint density at radius 2 is 2.16 bits per heavy atom. The van der Waals surface area contributed by atoms with E-state index in [9.17, 15) is 4.39 Å². The molecular weight excluding hydrogens is 311 g/mol. The molecule has 1 heterocycles. The first-order valence-electron chi connectivity index (χ1n) is 5.84. The molecule has 0 amide bonds. The molecule has 2 aromatic rings. The molecule has 0 unspecified atom stereocenters. The normalized spacial score (nSPS) is 12.2. The second-order valence-corrected chi connectivity index (χ2v) is 5.15. The average Bonchev–Trinajstić information content (AvgIpc) is 2.39. The van der Waals surface area contributed by atoms with Gasteiger partial charge in [-0.15, -0.1) is 0 Å². The van der Waals surface area contributed by atoms with Crippen LogP contribution in [-0.2, 0) is 6.61 Å². The van der Waals surface area contributed by atoms with E-state index >= 15 is 0 Å². The van der Waals surface area contributed by atoms with E-state index in [-0.39, 0.29) is 18.4 Å². The third kappa shape index (κ3) is 3.75. The molecule has 0 aliphatic rings. The Labute approximate surface area is 119 Å². The first kappa shape index (κ1) is 14.0. The Balaban J connectivity index is 2.05. The molecule has 3 nitrogen and oxygen atoms in total. The Kier molecular flexibility index (Phi) is 4.50. The molecule has 0 fully saturated rings. The largest absolute Gasteiger partial charge is 0.484 e. The van der Waals surface area contributed by atoms with Crippen LogP contribution in [0.3, 0.4) is 0 Å². The fourth-order valence-electron chi connectivity index (χ4n) is 1.56. The highest BCUT2D eigenvalue weighted by Gasteiger charge is 2.07. The summed E-state index contributed by atoms with van der Waals surface area (Å²) >= 11 is 3.30. The zero-order chi connectivity index (χ0) is 13.8. The molecule has 2 rings (SSSR count). The van der Waals surface area contributed by atoms with Crippen LogP contribution in [0.25, 0.3) is 0 Å². The van der Waals surface area contributed by atoms with Crippen molar-refractivity contribution in [3.05, 3.63) is 58.1 Å². The van der Waals surface area contributed by atoms with Crippen molar-refractivity contribution >= 4 is 15.9 Å². The van der Waals surface area contributed by atoms with Crippen molar-refractivity contribution in [3.8, 4) is 5.75 Å². The van der Waals surface area contributed by atoms with Gasteiger partial charge in [0.2, 0.25) is 0 Å². The molecule has 5 heteroatoms. The zero-order valence-corrected chi connectivity index (χ0v) is 12.0. The summed E-state index contributed by atoms with van der Waals surface area (Å²) in [5, 5.41) is 0. The first-order valence-corrected chi connectivity index (χ1v) is 6.64. The van der Waals surface area contributed by atoms with Gasteiger partial charge in [0.05, 0.1) is 5.69 Å². The maximum absolute atomic E-state index is 13.8. The molecule has 0 aliphatic heterocycles. The average molecular weight is 325 g/mol. The molecule has 19 heavy (non-hydrogen) atoms. The molecule has 1 aromatic carbocycles. The second kappa shape index (κ2) is 6.12. The standard InChI is InChI=1S/C14H14BrFN2O/c1-9(17)10-2-5-14(13(16)6-10)19-8-12-4-3-11(15)7-18-12/h2-7,9H,8,17H2,1H3/t9-/m0/s1. The first-order chi connectivity index (χ1) is 9.06. The highest BCUT2D eigenvalue weighted by Crippen LogP contribution is 2.22. The summed E-state index contributed by atoms with van der Waals surface area (Å²) in [6, 6.07) is 8.23. The molecular formula is C14H14BrFN2O. The summed E-state index contributed by atoms with van der Waals surface area (Å²) in [5.41, 5.74) is 7.17. The number of hydrogen-bond acceptors (Lipinski definition) is 3. The maximum Gasteiger partial charge on any atom is 0.165 e. The summed E-state index contributed by atoms with van der Waals surface area (Å²) in [6.07, 6.45) is 1.67. The predicted octanol–water partition coefficient (Wildman–Crippen LogP) is 3.58. The topological polar surface area (TPSA) is 48.1 Å². The number of benzene rings is 1. The number of hydrogen-bond donors (Lipinski definition) is 1. The van der Waals surface area contributed by atoms with Gasteiger partial charge in [-0.3, -0.25) is 4.98 Å². The smallest absolute Gasteiger partial charge is 0.165 e. The van der Waals surface area contributed by atoms with Gasteiger partial charge in [0, 0.05) is 16.7 Å². The summed E-state index contributed by atoms with van der Waals surface area (Å²) < 4.78 is 20.1. The highest BCUT2D eigenvalue weighted by molar-refractivity contribution is 9.10. The Hall–Kier alpha value is -1.46. The summed E-state index contributed by atoms with van der Waals surface area (Å²) in [6.45, 7) is 2.03. The van der Waals surface area contributed by atoms with Gasteiger partial charge in [0.25, 0.3) is 0 Å². The molecule has 1 atom stereocenters. The minimum Gasteiger partial charge on any atom is -0.484 e.